The van der Waals surface area contributed by atoms with Crippen LogP contribution in [0.5, 0.6) is 5.75 Å². The third kappa shape index (κ3) is 7.31. The fraction of sp³-hybridized carbons (Fsp3) is 0.650. The van der Waals surface area contributed by atoms with Gasteiger partial charge in [-0.15, -0.1) is 0 Å². The van der Waals surface area contributed by atoms with E-state index >= 15 is 0 Å². The Morgan fingerprint density at radius 2 is 1.96 bits per heavy atom. The van der Waals surface area contributed by atoms with E-state index in [1.165, 1.54) is 6.26 Å². The zero-order valence-corrected chi connectivity index (χ0v) is 18.3. The van der Waals surface area contributed by atoms with Gasteiger partial charge in [0.05, 0.1) is 12.8 Å². The highest BCUT2D eigenvalue weighted by Crippen LogP contribution is 2.19. The van der Waals surface area contributed by atoms with Crippen LogP contribution in [0.3, 0.4) is 0 Å². The second-order valence-corrected chi connectivity index (χ2v) is 9.38. The molecule has 7 nitrogen and oxygen atoms in total. The Balaban J connectivity index is 1.81. The molecule has 1 aromatic rings. The van der Waals surface area contributed by atoms with Gasteiger partial charge in [0.1, 0.15) is 11.9 Å². The molecule has 8 heteroatoms. The molecule has 0 saturated carbocycles. The highest BCUT2D eigenvalue weighted by atomic mass is 32.2. The summed E-state index contributed by atoms with van der Waals surface area (Å²) in [6.07, 6.45) is 2.98. The third-order valence-electron chi connectivity index (χ3n) is 4.87. The number of hydrogen-bond acceptors (Lipinski definition) is 4. The molecule has 1 fully saturated rings. The molecule has 1 heterocycles. The molecule has 1 unspecified atom stereocenters. The smallest absolute Gasteiger partial charge is 0.211 e. The van der Waals surface area contributed by atoms with Crippen LogP contribution in [0, 0.1) is 12.8 Å². The lowest BCUT2D eigenvalue weighted by Crippen LogP contribution is -2.44. The molecular formula is C20H34N4O3S. The SMILES string of the molecule is CCNC(=NCC(C)Oc1ccccc1C)NCC1CCN(S(C)(=O)=O)CC1. The van der Waals surface area contributed by atoms with E-state index in [1.54, 1.807) is 4.31 Å². The van der Waals surface area contributed by atoms with Crippen LogP contribution in [0.25, 0.3) is 0 Å². The highest BCUT2D eigenvalue weighted by molar-refractivity contribution is 7.88. The number of benzene rings is 1. The first-order valence-corrected chi connectivity index (χ1v) is 11.8. The van der Waals surface area contributed by atoms with E-state index < -0.39 is 10.0 Å². The van der Waals surface area contributed by atoms with Crippen molar-refractivity contribution in [1.82, 2.24) is 14.9 Å². The minimum Gasteiger partial charge on any atom is -0.489 e. The maximum absolute atomic E-state index is 11.6. The van der Waals surface area contributed by atoms with E-state index in [2.05, 4.69) is 15.6 Å². The number of rotatable bonds is 8. The maximum Gasteiger partial charge on any atom is 0.211 e. The molecule has 1 atom stereocenters. The van der Waals surface area contributed by atoms with Crippen molar-refractivity contribution in [2.45, 2.75) is 39.7 Å². The molecule has 0 aliphatic carbocycles. The fourth-order valence-corrected chi connectivity index (χ4v) is 4.06. The molecule has 0 spiro atoms. The minimum atomic E-state index is -3.07. The maximum atomic E-state index is 11.6. The van der Waals surface area contributed by atoms with Gasteiger partial charge < -0.3 is 15.4 Å². The van der Waals surface area contributed by atoms with E-state index in [-0.39, 0.29) is 6.10 Å². The second kappa shape index (κ2) is 10.7. The summed E-state index contributed by atoms with van der Waals surface area (Å²) in [6.45, 7) is 9.40. The van der Waals surface area contributed by atoms with Crippen molar-refractivity contribution < 1.29 is 13.2 Å². The lowest BCUT2D eigenvalue weighted by molar-refractivity contribution is 0.228. The first-order chi connectivity index (χ1) is 13.3. The molecule has 1 aliphatic rings. The molecule has 0 bridgehead atoms. The van der Waals surface area contributed by atoms with E-state index in [0.29, 0.717) is 25.6 Å². The van der Waals surface area contributed by atoms with Crippen LogP contribution in [0.15, 0.2) is 29.3 Å². The van der Waals surface area contributed by atoms with Crippen LogP contribution in [-0.4, -0.2) is 63.8 Å². The number of sulfonamides is 1. The molecule has 2 rings (SSSR count). The number of piperidine rings is 1. The van der Waals surface area contributed by atoms with Gasteiger partial charge in [0.25, 0.3) is 0 Å². The molecule has 28 heavy (non-hydrogen) atoms. The quantitative estimate of drug-likeness (QED) is 0.506. The summed E-state index contributed by atoms with van der Waals surface area (Å²) >= 11 is 0. The first-order valence-electron chi connectivity index (χ1n) is 9.99. The molecular weight excluding hydrogens is 376 g/mol. The molecule has 1 aliphatic heterocycles. The second-order valence-electron chi connectivity index (χ2n) is 7.40. The number of aryl methyl sites for hydroxylation is 1. The van der Waals surface area contributed by atoms with Crippen molar-refractivity contribution in [3.05, 3.63) is 29.8 Å². The van der Waals surface area contributed by atoms with E-state index in [1.807, 2.05) is 45.0 Å². The van der Waals surface area contributed by atoms with Crippen molar-refractivity contribution >= 4 is 16.0 Å². The van der Waals surface area contributed by atoms with Gasteiger partial charge in [-0.25, -0.2) is 17.7 Å². The Kier molecular flexibility index (Phi) is 8.57. The summed E-state index contributed by atoms with van der Waals surface area (Å²) in [5, 5.41) is 6.65. The number of guanidine groups is 1. The summed E-state index contributed by atoms with van der Waals surface area (Å²) in [5.74, 6) is 2.11. The van der Waals surface area contributed by atoms with Gasteiger partial charge in [0, 0.05) is 26.2 Å². The summed E-state index contributed by atoms with van der Waals surface area (Å²) in [5.41, 5.74) is 1.11. The number of aliphatic imine (C=N–C) groups is 1. The van der Waals surface area contributed by atoms with Crippen molar-refractivity contribution in [3.63, 3.8) is 0 Å². The topological polar surface area (TPSA) is 83.0 Å². The summed E-state index contributed by atoms with van der Waals surface area (Å²) in [6, 6.07) is 7.98. The van der Waals surface area contributed by atoms with Gasteiger partial charge in [0.2, 0.25) is 10.0 Å². The monoisotopic (exact) mass is 410 g/mol. The van der Waals surface area contributed by atoms with Gasteiger partial charge in [-0.05, 0) is 51.2 Å². The van der Waals surface area contributed by atoms with Gasteiger partial charge in [-0.3, -0.25) is 0 Å². The number of hydrogen-bond donors (Lipinski definition) is 2. The lowest BCUT2D eigenvalue weighted by Gasteiger charge is -2.30. The molecule has 1 saturated heterocycles. The Morgan fingerprint density at radius 1 is 1.29 bits per heavy atom. The Bertz CT molecular complexity index is 744. The van der Waals surface area contributed by atoms with Crippen molar-refractivity contribution in [2.75, 3.05) is 39.0 Å². The van der Waals surface area contributed by atoms with E-state index in [9.17, 15) is 8.42 Å². The lowest BCUT2D eigenvalue weighted by atomic mass is 9.98. The van der Waals surface area contributed by atoms with Crippen LogP contribution >= 0.6 is 0 Å². The van der Waals surface area contributed by atoms with Crippen LogP contribution in [0.2, 0.25) is 0 Å². The zero-order chi connectivity index (χ0) is 20.6. The Labute approximate surface area is 169 Å². The number of nitrogens with zero attached hydrogens (tertiary/aromatic N) is 2. The predicted molar refractivity (Wildman–Crippen MR) is 114 cm³/mol. The molecule has 0 radical (unpaired) electrons. The zero-order valence-electron chi connectivity index (χ0n) is 17.4. The van der Waals surface area contributed by atoms with Crippen LogP contribution < -0.4 is 15.4 Å². The van der Waals surface area contributed by atoms with Crippen LogP contribution in [0.1, 0.15) is 32.3 Å². The molecule has 0 aromatic heterocycles. The van der Waals surface area contributed by atoms with E-state index in [4.69, 9.17) is 4.74 Å². The number of para-hydroxylation sites is 1. The predicted octanol–water partition coefficient (Wildman–Crippen LogP) is 1.99. The number of nitrogens with one attached hydrogen (secondary N) is 2. The summed E-state index contributed by atoms with van der Waals surface area (Å²) in [7, 11) is -3.07. The average molecular weight is 411 g/mol. The summed E-state index contributed by atoms with van der Waals surface area (Å²) in [4.78, 5) is 4.64. The minimum absolute atomic E-state index is 0.0328. The Morgan fingerprint density at radius 3 is 2.57 bits per heavy atom. The normalized spacial score (nSPS) is 17.9. The van der Waals surface area contributed by atoms with Crippen molar-refractivity contribution in [2.24, 2.45) is 10.9 Å². The largest absolute Gasteiger partial charge is 0.489 e. The average Bonchev–Trinajstić information content (AvgIpc) is 2.65. The van der Waals surface area contributed by atoms with E-state index in [0.717, 1.165) is 43.2 Å². The van der Waals surface area contributed by atoms with Gasteiger partial charge >= 0.3 is 0 Å². The van der Waals surface area contributed by atoms with Gasteiger partial charge in [-0.2, -0.15) is 0 Å². The van der Waals surface area contributed by atoms with Gasteiger partial charge in [-0.1, -0.05) is 18.2 Å². The van der Waals surface area contributed by atoms with Gasteiger partial charge in [0.15, 0.2) is 5.96 Å². The Hall–Kier alpha value is -1.80. The number of ether oxygens (including phenoxy) is 1. The summed E-state index contributed by atoms with van der Waals surface area (Å²) < 4.78 is 30.8. The fourth-order valence-electron chi connectivity index (χ4n) is 3.19. The molecule has 2 N–H and O–H groups in total. The molecule has 1 aromatic carbocycles. The highest BCUT2D eigenvalue weighted by Gasteiger charge is 2.24. The van der Waals surface area contributed by atoms with Crippen molar-refractivity contribution in [3.8, 4) is 5.75 Å². The first kappa shape index (κ1) is 22.5. The standard InChI is InChI=1S/C20H34N4O3S/c1-5-21-20(22-14-17(3)27-19-9-7-6-8-16(19)2)23-15-18-10-12-24(13-11-18)28(4,25)26/h6-9,17-18H,5,10-15H2,1-4H3,(H2,21,22,23). The third-order valence-corrected chi connectivity index (χ3v) is 6.18. The van der Waals surface area contributed by atoms with Crippen LogP contribution in [0.4, 0.5) is 0 Å². The van der Waals surface area contributed by atoms with Crippen molar-refractivity contribution in [1.29, 1.82) is 0 Å². The molecule has 158 valence electrons. The van der Waals surface area contributed by atoms with Crippen LogP contribution in [-0.2, 0) is 10.0 Å². The molecule has 0 amide bonds.